The van der Waals surface area contributed by atoms with Crippen molar-refractivity contribution in [2.24, 2.45) is 0 Å². The normalized spacial score (nSPS) is 12.0. The Kier molecular flexibility index (Phi) is 5.96. The number of nitrogens with zero attached hydrogens (tertiary/aromatic N) is 2. The van der Waals surface area contributed by atoms with Crippen LogP contribution in [0.5, 0.6) is 0 Å². The number of sulfonamides is 1. The maximum Gasteiger partial charge on any atom is 0.262 e. The molecule has 30 heavy (non-hydrogen) atoms. The van der Waals surface area contributed by atoms with Gasteiger partial charge in [0.15, 0.2) is 14.9 Å². The molecule has 0 aliphatic carbocycles. The summed E-state index contributed by atoms with van der Waals surface area (Å²) in [7, 11) is -7.15. The van der Waals surface area contributed by atoms with Gasteiger partial charge in [-0.15, -0.1) is 10.2 Å². The molecule has 0 amide bonds. The van der Waals surface area contributed by atoms with Crippen LogP contribution in [-0.2, 0) is 19.9 Å². The summed E-state index contributed by atoms with van der Waals surface area (Å²) in [6.45, 7) is 7.03. The van der Waals surface area contributed by atoms with Crippen LogP contribution in [-0.4, -0.2) is 32.8 Å². The highest BCUT2D eigenvalue weighted by Gasteiger charge is 2.20. The van der Waals surface area contributed by atoms with E-state index >= 15 is 0 Å². The van der Waals surface area contributed by atoms with Gasteiger partial charge in [-0.1, -0.05) is 36.8 Å². The summed E-state index contributed by atoms with van der Waals surface area (Å²) >= 11 is 0. The van der Waals surface area contributed by atoms with Crippen LogP contribution in [0.4, 0.5) is 5.69 Å². The van der Waals surface area contributed by atoms with E-state index in [0.717, 1.165) is 5.56 Å². The average Bonchev–Trinajstić information content (AvgIpc) is 2.67. The van der Waals surface area contributed by atoms with Gasteiger partial charge in [0.2, 0.25) is 0 Å². The van der Waals surface area contributed by atoms with Crippen LogP contribution in [0.3, 0.4) is 0 Å². The molecule has 0 spiro atoms. The molecule has 0 atom stereocenters. The molecule has 7 nitrogen and oxygen atoms in total. The van der Waals surface area contributed by atoms with Gasteiger partial charge >= 0.3 is 0 Å². The fourth-order valence-electron chi connectivity index (χ4n) is 3.29. The highest BCUT2D eigenvalue weighted by atomic mass is 32.2. The molecule has 0 aliphatic rings. The third-order valence-corrected chi connectivity index (χ3v) is 7.95. The highest BCUT2D eigenvalue weighted by Crippen LogP contribution is 2.26. The van der Waals surface area contributed by atoms with Crippen LogP contribution < -0.4 is 4.72 Å². The topological polar surface area (TPSA) is 106 Å². The standard InChI is InChI=1S/C21H23N3O4S2/c1-5-29(25,26)20-11-10-19(22-23-20)17-6-8-18(9-7-17)24-30(27,28)21-15(3)12-14(2)13-16(21)4/h6-13,24H,5H2,1-4H3. The number of sulfone groups is 1. The number of nitrogens with one attached hydrogen (secondary N) is 1. The van der Waals surface area contributed by atoms with E-state index in [1.165, 1.54) is 6.07 Å². The first-order chi connectivity index (χ1) is 14.0. The second-order valence-electron chi connectivity index (χ2n) is 7.07. The third kappa shape index (κ3) is 4.52. The molecule has 1 N–H and O–H groups in total. The van der Waals surface area contributed by atoms with Crippen molar-refractivity contribution in [1.82, 2.24) is 10.2 Å². The average molecular weight is 446 g/mol. The van der Waals surface area contributed by atoms with Crippen molar-refractivity contribution in [3.05, 3.63) is 65.2 Å². The summed E-state index contributed by atoms with van der Waals surface area (Å²) in [5, 5.41) is 7.71. The van der Waals surface area contributed by atoms with E-state index in [9.17, 15) is 16.8 Å². The van der Waals surface area contributed by atoms with Crippen LogP contribution in [0.25, 0.3) is 11.3 Å². The molecule has 3 aromatic rings. The molecular weight excluding hydrogens is 422 g/mol. The lowest BCUT2D eigenvalue weighted by molar-refractivity contribution is 0.591. The number of benzene rings is 2. The van der Waals surface area contributed by atoms with Crippen molar-refractivity contribution in [2.75, 3.05) is 10.5 Å². The van der Waals surface area contributed by atoms with E-state index in [0.29, 0.717) is 28.1 Å². The smallest absolute Gasteiger partial charge is 0.262 e. The maximum atomic E-state index is 12.9. The third-order valence-electron chi connectivity index (χ3n) is 4.65. The lowest BCUT2D eigenvalue weighted by Crippen LogP contribution is -2.15. The first-order valence-electron chi connectivity index (χ1n) is 9.31. The summed E-state index contributed by atoms with van der Waals surface area (Å²) in [6.07, 6.45) is 0. The minimum Gasteiger partial charge on any atom is -0.280 e. The molecule has 1 aromatic heterocycles. The molecule has 0 aliphatic heterocycles. The van der Waals surface area contributed by atoms with Crippen LogP contribution in [0.1, 0.15) is 23.6 Å². The van der Waals surface area contributed by atoms with Crippen molar-refractivity contribution in [3.63, 3.8) is 0 Å². The zero-order valence-electron chi connectivity index (χ0n) is 17.2. The van der Waals surface area contributed by atoms with Crippen LogP contribution >= 0.6 is 0 Å². The first kappa shape index (κ1) is 21.9. The number of rotatable bonds is 6. The Balaban J connectivity index is 1.84. The van der Waals surface area contributed by atoms with Crippen LogP contribution in [0.2, 0.25) is 0 Å². The molecule has 3 rings (SSSR count). The van der Waals surface area contributed by atoms with Gasteiger partial charge in [-0.05, 0) is 56.2 Å². The zero-order valence-corrected chi connectivity index (χ0v) is 18.8. The summed E-state index contributed by atoms with van der Waals surface area (Å²) in [4.78, 5) is 0.274. The van der Waals surface area contributed by atoms with Crippen LogP contribution in [0, 0.1) is 20.8 Å². The quantitative estimate of drug-likeness (QED) is 0.621. The Morgan fingerprint density at radius 1 is 0.833 bits per heavy atom. The number of hydrogen-bond donors (Lipinski definition) is 1. The Labute approximate surface area is 177 Å². The molecule has 0 fully saturated rings. The largest absolute Gasteiger partial charge is 0.280 e. The van der Waals surface area contributed by atoms with Crippen molar-refractivity contribution < 1.29 is 16.8 Å². The van der Waals surface area contributed by atoms with Crippen LogP contribution in [0.15, 0.2) is 58.5 Å². The fourth-order valence-corrected chi connectivity index (χ4v) is 5.54. The Morgan fingerprint density at radius 2 is 1.43 bits per heavy atom. The summed E-state index contributed by atoms with van der Waals surface area (Å²) in [5.41, 5.74) is 3.98. The molecule has 0 saturated carbocycles. The Morgan fingerprint density at radius 3 is 1.93 bits per heavy atom. The Hall–Kier alpha value is -2.78. The Bertz CT molecular complexity index is 1260. The molecule has 158 valence electrons. The van der Waals surface area contributed by atoms with E-state index in [-0.39, 0.29) is 15.7 Å². The molecule has 0 unspecified atom stereocenters. The van der Waals surface area contributed by atoms with E-state index in [2.05, 4.69) is 14.9 Å². The fraction of sp³-hybridized carbons (Fsp3) is 0.238. The molecule has 1 heterocycles. The summed E-state index contributed by atoms with van der Waals surface area (Å²) < 4.78 is 52.0. The summed E-state index contributed by atoms with van der Waals surface area (Å²) in [6, 6.07) is 13.3. The minimum atomic E-state index is -3.74. The van der Waals surface area contributed by atoms with Gasteiger partial charge in [0.25, 0.3) is 10.0 Å². The highest BCUT2D eigenvalue weighted by molar-refractivity contribution is 7.92. The predicted molar refractivity (Wildman–Crippen MR) is 117 cm³/mol. The van der Waals surface area contributed by atoms with Crippen molar-refractivity contribution in [2.45, 2.75) is 37.6 Å². The van der Waals surface area contributed by atoms with E-state index < -0.39 is 19.9 Å². The molecule has 9 heteroatoms. The van der Waals surface area contributed by atoms with E-state index in [1.54, 1.807) is 51.1 Å². The lowest BCUT2D eigenvalue weighted by atomic mass is 10.1. The molecule has 0 bridgehead atoms. The molecule has 2 aromatic carbocycles. The van der Waals surface area contributed by atoms with E-state index in [1.807, 2.05) is 19.1 Å². The maximum absolute atomic E-state index is 12.9. The summed E-state index contributed by atoms with van der Waals surface area (Å²) in [5.74, 6) is -0.0458. The van der Waals surface area contributed by atoms with E-state index in [4.69, 9.17) is 0 Å². The van der Waals surface area contributed by atoms with Gasteiger partial charge in [-0.3, -0.25) is 4.72 Å². The monoisotopic (exact) mass is 445 g/mol. The number of anilines is 1. The zero-order chi connectivity index (χ0) is 22.1. The minimum absolute atomic E-state index is 0.0458. The predicted octanol–water partition coefficient (Wildman–Crippen LogP) is 3.66. The van der Waals surface area contributed by atoms with Crippen molar-refractivity contribution in [3.8, 4) is 11.3 Å². The van der Waals surface area contributed by atoms with Crippen molar-refractivity contribution in [1.29, 1.82) is 0 Å². The molecule has 0 radical (unpaired) electrons. The molecule has 0 saturated heterocycles. The van der Waals surface area contributed by atoms with Crippen molar-refractivity contribution >= 4 is 25.5 Å². The number of hydrogen-bond acceptors (Lipinski definition) is 6. The van der Waals surface area contributed by atoms with Gasteiger partial charge in [-0.2, -0.15) is 0 Å². The second kappa shape index (κ2) is 8.16. The first-order valence-corrected chi connectivity index (χ1v) is 12.4. The number of aryl methyl sites for hydroxylation is 3. The van der Waals surface area contributed by atoms with Gasteiger partial charge < -0.3 is 0 Å². The number of aromatic nitrogens is 2. The van der Waals surface area contributed by atoms with Gasteiger partial charge in [0.05, 0.1) is 16.3 Å². The second-order valence-corrected chi connectivity index (χ2v) is 10.9. The lowest BCUT2D eigenvalue weighted by Gasteiger charge is -2.14. The van der Waals surface area contributed by atoms with Gasteiger partial charge in [0.1, 0.15) is 0 Å². The molecular formula is C21H23N3O4S2. The van der Waals surface area contributed by atoms with Gasteiger partial charge in [-0.25, -0.2) is 16.8 Å². The van der Waals surface area contributed by atoms with Gasteiger partial charge in [0, 0.05) is 11.3 Å². The SMILES string of the molecule is CCS(=O)(=O)c1ccc(-c2ccc(NS(=O)(=O)c3c(C)cc(C)cc3C)cc2)nn1.